The molecule has 0 saturated carbocycles. The van der Waals surface area contributed by atoms with E-state index < -0.39 is 0 Å². The number of nitrogens with zero attached hydrogens (tertiary/aromatic N) is 3. The Balaban J connectivity index is 1.83. The summed E-state index contributed by atoms with van der Waals surface area (Å²) in [5.74, 6) is 1.67. The zero-order chi connectivity index (χ0) is 12.1. The largest absolute Gasteiger partial charge is 0.444 e. The Labute approximate surface area is 101 Å². The van der Waals surface area contributed by atoms with Gasteiger partial charge in [-0.15, -0.1) is 0 Å². The molecule has 0 bridgehead atoms. The summed E-state index contributed by atoms with van der Waals surface area (Å²) in [5, 5.41) is 7.51. The van der Waals surface area contributed by atoms with Crippen molar-refractivity contribution >= 4 is 0 Å². The number of nitrogens with one attached hydrogen (secondary N) is 1. The molecule has 92 valence electrons. The first-order valence-electron chi connectivity index (χ1n) is 5.98. The van der Waals surface area contributed by atoms with E-state index in [-0.39, 0.29) is 0 Å². The van der Waals surface area contributed by atoms with Crippen molar-refractivity contribution in [3.63, 3.8) is 0 Å². The van der Waals surface area contributed by atoms with Crippen molar-refractivity contribution < 1.29 is 4.42 Å². The molecule has 2 aromatic rings. The van der Waals surface area contributed by atoms with Crippen molar-refractivity contribution in [1.82, 2.24) is 20.1 Å². The maximum atomic E-state index is 5.51. The van der Waals surface area contributed by atoms with Crippen LogP contribution in [0.3, 0.4) is 0 Å². The summed E-state index contributed by atoms with van der Waals surface area (Å²) in [6.45, 7) is 6.45. The molecule has 0 aliphatic carbocycles. The highest BCUT2D eigenvalue weighted by molar-refractivity contribution is 5.00. The zero-order valence-electron chi connectivity index (χ0n) is 10.3. The molecule has 0 spiro atoms. The van der Waals surface area contributed by atoms with Crippen LogP contribution in [0.15, 0.2) is 22.9 Å². The second-order valence-corrected chi connectivity index (χ2v) is 3.82. The van der Waals surface area contributed by atoms with Gasteiger partial charge in [-0.05, 0) is 13.0 Å². The summed E-state index contributed by atoms with van der Waals surface area (Å²) in [6, 6.07) is 2.02. The van der Waals surface area contributed by atoms with Crippen LogP contribution in [0.25, 0.3) is 0 Å². The van der Waals surface area contributed by atoms with Gasteiger partial charge in [0.2, 0.25) is 5.89 Å². The monoisotopic (exact) mass is 234 g/mol. The Morgan fingerprint density at radius 2 is 2.24 bits per heavy atom. The molecule has 17 heavy (non-hydrogen) atoms. The predicted octanol–water partition coefficient (Wildman–Crippen LogP) is 1.74. The molecule has 5 heteroatoms. The van der Waals surface area contributed by atoms with Crippen LogP contribution in [-0.2, 0) is 26.1 Å². The van der Waals surface area contributed by atoms with Gasteiger partial charge in [-0.2, -0.15) is 5.10 Å². The standard InChI is InChI=1S/C12H18N4O/c1-3-11-8-14-12(17-11)9-13-7-10-5-6-15-16(10)4-2/h5-6,8,13H,3-4,7,9H2,1-2H3. The van der Waals surface area contributed by atoms with E-state index in [0.29, 0.717) is 6.54 Å². The van der Waals surface area contributed by atoms with Crippen molar-refractivity contribution in [1.29, 1.82) is 0 Å². The number of aryl methyl sites for hydroxylation is 2. The SMILES string of the molecule is CCc1cnc(CNCc2ccnn2CC)o1. The molecule has 5 nitrogen and oxygen atoms in total. The van der Waals surface area contributed by atoms with E-state index >= 15 is 0 Å². The highest BCUT2D eigenvalue weighted by Gasteiger charge is 2.03. The Kier molecular flexibility index (Phi) is 3.93. The lowest BCUT2D eigenvalue weighted by Crippen LogP contribution is -2.16. The van der Waals surface area contributed by atoms with Gasteiger partial charge in [0, 0.05) is 25.7 Å². The van der Waals surface area contributed by atoms with E-state index in [1.54, 1.807) is 6.20 Å². The van der Waals surface area contributed by atoms with Gasteiger partial charge in [-0.1, -0.05) is 6.92 Å². The van der Waals surface area contributed by atoms with Crippen LogP contribution >= 0.6 is 0 Å². The summed E-state index contributed by atoms with van der Waals surface area (Å²) >= 11 is 0. The molecule has 2 aromatic heterocycles. The van der Waals surface area contributed by atoms with Crippen molar-refractivity contribution in [2.24, 2.45) is 0 Å². The smallest absolute Gasteiger partial charge is 0.208 e. The summed E-state index contributed by atoms with van der Waals surface area (Å²) in [6.07, 6.45) is 4.49. The molecular weight excluding hydrogens is 216 g/mol. The van der Waals surface area contributed by atoms with Crippen LogP contribution in [0.4, 0.5) is 0 Å². The third-order valence-electron chi connectivity index (χ3n) is 2.64. The molecule has 0 unspecified atom stereocenters. The second kappa shape index (κ2) is 5.63. The normalized spacial score (nSPS) is 10.9. The maximum Gasteiger partial charge on any atom is 0.208 e. The Morgan fingerprint density at radius 3 is 2.94 bits per heavy atom. The average molecular weight is 234 g/mol. The fourth-order valence-corrected chi connectivity index (χ4v) is 1.69. The lowest BCUT2D eigenvalue weighted by Gasteiger charge is -2.04. The molecule has 0 aliphatic heterocycles. The van der Waals surface area contributed by atoms with E-state index in [1.165, 1.54) is 5.69 Å². The van der Waals surface area contributed by atoms with Gasteiger partial charge in [-0.3, -0.25) is 4.68 Å². The van der Waals surface area contributed by atoms with Crippen LogP contribution < -0.4 is 5.32 Å². The summed E-state index contributed by atoms with van der Waals surface area (Å²) in [5.41, 5.74) is 1.18. The number of hydrogen-bond acceptors (Lipinski definition) is 4. The number of hydrogen-bond donors (Lipinski definition) is 1. The molecule has 0 saturated heterocycles. The van der Waals surface area contributed by atoms with E-state index in [4.69, 9.17) is 4.42 Å². The molecule has 1 N–H and O–H groups in total. The first-order valence-corrected chi connectivity index (χ1v) is 5.98. The molecule has 0 amide bonds. The van der Waals surface area contributed by atoms with Crippen LogP contribution in [0.2, 0.25) is 0 Å². The Morgan fingerprint density at radius 1 is 1.35 bits per heavy atom. The lowest BCUT2D eigenvalue weighted by atomic mass is 10.4. The van der Waals surface area contributed by atoms with Gasteiger partial charge >= 0.3 is 0 Å². The van der Waals surface area contributed by atoms with Gasteiger partial charge in [0.25, 0.3) is 0 Å². The predicted molar refractivity (Wildman–Crippen MR) is 64.3 cm³/mol. The summed E-state index contributed by atoms with van der Waals surface area (Å²) in [7, 11) is 0. The number of rotatable bonds is 6. The Hall–Kier alpha value is -1.62. The van der Waals surface area contributed by atoms with Gasteiger partial charge in [0.15, 0.2) is 0 Å². The fraction of sp³-hybridized carbons (Fsp3) is 0.500. The quantitative estimate of drug-likeness (QED) is 0.827. The first-order chi connectivity index (χ1) is 8.33. The van der Waals surface area contributed by atoms with Crippen molar-refractivity contribution in [3.05, 3.63) is 35.8 Å². The molecule has 0 atom stereocenters. The highest BCUT2D eigenvalue weighted by Crippen LogP contribution is 2.04. The van der Waals surface area contributed by atoms with Gasteiger partial charge in [-0.25, -0.2) is 4.98 Å². The van der Waals surface area contributed by atoms with E-state index in [0.717, 1.165) is 31.2 Å². The van der Waals surface area contributed by atoms with Crippen LogP contribution in [0.1, 0.15) is 31.2 Å². The van der Waals surface area contributed by atoms with Crippen molar-refractivity contribution in [2.45, 2.75) is 39.9 Å². The van der Waals surface area contributed by atoms with Crippen LogP contribution in [0.5, 0.6) is 0 Å². The fourth-order valence-electron chi connectivity index (χ4n) is 1.69. The molecule has 0 aliphatic rings. The molecule has 2 rings (SSSR count). The summed E-state index contributed by atoms with van der Waals surface area (Å²) in [4.78, 5) is 4.20. The number of oxazole rings is 1. The van der Waals surface area contributed by atoms with E-state index in [1.807, 2.05) is 16.9 Å². The van der Waals surface area contributed by atoms with Gasteiger partial charge < -0.3 is 9.73 Å². The highest BCUT2D eigenvalue weighted by atomic mass is 16.4. The molecule has 0 aromatic carbocycles. The van der Waals surface area contributed by atoms with E-state index in [9.17, 15) is 0 Å². The third-order valence-corrected chi connectivity index (χ3v) is 2.64. The minimum Gasteiger partial charge on any atom is -0.444 e. The second-order valence-electron chi connectivity index (χ2n) is 3.82. The lowest BCUT2D eigenvalue weighted by molar-refractivity contribution is 0.435. The summed E-state index contributed by atoms with van der Waals surface area (Å²) < 4.78 is 7.49. The molecule has 2 heterocycles. The molecule has 0 radical (unpaired) electrons. The minimum atomic E-state index is 0.648. The van der Waals surface area contributed by atoms with Crippen molar-refractivity contribution in [2.75, 3.05) is 0 Å². The topological polar surface area (TPSA) is 55.9 Å². The molecule has 0 fully saturated rings. The van der Waals surface area contributed by atoms with E-state index in [2.05, 4.69) is 29.2 Å². The Bertz CT molecular complexity index is 461. The van der Waals surface area contributed by atoms with Gasteiger partial charge in [0.05, 0.1) is 18.4 Å². The minimum absolute atomic E-state index is 0.648. The van der Waals surface area contributed by atoms with Gasteiger partial charge in [0.1, 0.15) is 5.76 Å². The van der Waals surface area contributed by atoms with Crippen LogP contribution in [-0.4, -0.2) is 14.8 Å². The first kappa shape index (κ1) is 11.9. The zero-order valence-corrected chi connectivity index (χ0v) is 10.3. The third kappa shape index (κ3) is 2.94. The number of aromatic nitrogens is 3. The van der Waals surface area contributed by atoms with Crippen molar-refractivity contribution in [3.8, 4) is 0 Å². The average Bonchev–Trinajstić information content (AvgIpc) is 2.97. The molecular formula is C12H18N4O. The van der Waals surface area contributed by atoms with Crippen LogP contribution in [0, 0.1) is 0 Å². The maximum absolute atomic E-state index is 5.51.